The number of hydrogen-bond acceptors (Lipinski definition) is 5. The minimum absolute atomic E-state index is 0.0178. The monoisotopic (exact) mass is 448 g/mol. The summed E-state index contributed by atoms with van der Waals surface area (Å²) < 4.78 is 0. The maximum atomic E-state index is 11.7. The first-order chi connectivity index (χ1) is 14.3. The number of benzene rings is 2. The van der Waals surface area contributed by atoms with E-state index in [0.29, 0.717) is 47.8 Å². The van der Waals surface area contributed by atoms with E-state index in [1.807, 2.05) is 0 Å². The lowest BCUT2D eigenvalue weighted by atomic mass is 9.91. The molecule has 30 heavy (non-hydrogen) atoms. The molecule has 2 heterocycles. The Balaban J connectivity index is 1.54. The van der Waals surface area contributed by atoms with E-state index in [4.69, 9.17) is 23.2 Å². The molecule has 2 aromatic carbocycles. The van der Waals surface area contributed by atoms with Gasteiger partial charge in [0.05, 0.1) is 10.0 Å². The van der Waals surface area contributed by atoms with Gasteiger partial charge in [0, 0.05) is 61.4 Å². The minimum Gasteiger partial charge on any atom is -0.508 e. The third-order valence-electron chi connectivity index (χ3n) is 5.95. The molecule has 2 aliphatic rings. The van der Waals surface area contributed by atoms with Crippen LogP contribution in [-0.4, -0.2) is 56.7 Å². The van der Waals surface area contributed by atoms with Crippen LogP contribution in [-0.2, 0) is 24.2 Å². The van der Waals surface area contributed by atoms with E-state index in [-0.39, 0.29) is 40.6 Å². The molecule has 8 heteroatoms. The summed E-state index contributed by atoms with van der Waals surface area (Å²) in [5, 5.41) is 32.2. The van der Waals surface area contributed by atoms with Crippen molar-refractivity contribution in [2.75, 3.05) is 19.6 Å². The molecule has 158 valence electrons. The molecule has 1 amide bonds. The molecule has 0 saturated carbocycles. The van der Waals surface area contributed by atoms with Gasteiger partial charge in [-0.15, -0.1) is 0 Å². The zero-order valence-electron chi connectivity index (χ0n) is 16.2. The first-order valence-corrected chi connectivity index (χ1v) is 10.4. The molecule has 0 radical (unpaired) electrons. The van der Waals surface area contributed by atoms with Crippen LogP contribution in [0.15, 0.2) is 30.9 Å². The molecule has 0 atom stereocenters. The van der Waals surface area contributed by atoms with Gasteiger partial charge in [-0.2, -0.15) is 0 Å². The fraction of sp³-hybridized carbons (Fsp3) is 0.318. The lowest BCUT2D eigenvalue weighted by molar-refractivity contribution is -0.133. The maximum absolute atomic E-state index is 11.7. The fourth-order valence-corrected chi connectivity index (χ4v) is 4.51. The Hall–Kier alpha value is -2.41. The topological polar surface area (TPSA) is 84.2 Å². The summed E-state index contributed by atoms with van der Waals surface area (Å²) in [7, 11) is 0. The molecule has 2 aromatic rings. The van der Waals surface area contributed by atoms with Gasteiger partial charge >= 0.3 is 0 Å². The van der Waals surface area contributed by atoms with Crippen LogP contribution in [0, 0.1) is 0 Å². The van der Waals surface area contributed by atoms with Crippen molar-refractivity contribution < 1.29 is 20.1 Å². The third kappa shape index (κ3) is 3.71. The Morgan fingerprint density at radius 2 is 1.77 bits per heavy atom. The van der Waals surface area contributed by atoms with E-state index < -0.39 is 0 Å². The highest BCUT2D eigenvalue weighted by Crippen LogP contribution is 2.40. The summed E-state index contributed by atoms with van der Waals surface area (Å²) in [5.41, 5.74) is 2.45. The van der Waals surface area contributed by atoms with Crippen LogP contribution in [0.2, 0.25) is 10.0 Å². The second kappa shape index (κ2) is 8.02. The lowest BCUT2D eigenvalue weighted by Gasteiger charge is -2.46. The Kier molecular flexibility index (Phi) is 5.57. The van der Waals surface area contributed by atoms with Crippen LogP contribution in [0.3, 0.4) is 0 Å². The van der Waals surface area contributed by atoms with Gasteiger partial charge in [0.2, 0.25) is 5.91 Å². The van der Waals surface area contributed by atoms with Crippen molar-refractivity contribution in [2.24, 2.45) is 0 Å². The number of nitrogens with zero attached hydrogens (tertiary/aromatic N) is 2. The van der Waals surface area contributed by atoms with E-state index in [1.165, 1.54) is 18.2 Å². The fourth-order valence-electron chi connectivity index (χ4n) is 4.16. The van der Waals surface area contributed by atoms with Crippen molar-refractivity contribution >= 4 is 29.1 Å². The van der Waals surface area contributed by atoms with Crippen LogP contribution < -0.4 is 0 Å². The van der Waals surface area contributed by atoms with Crippen molar-refractivity contribution in [3.8, 4) is 17.2 Å². The minimum atomic E-state index is -0.0700. The molecule has 4 rings (SSSR count). The highest BCUT2D eigenvalue weighted by molar-refractivity contribution is 6.42. The summed E-state index contributed by atoms with van der Waals surface area (Å²) in [5.74, 6) is 0.153. The van der Waals surface area contributed by atoms with Gasteiger partial charge in [-0.05, 0) is 30.2 Å². The average molecular weight is 449 g/mol. The molecule has 0 unspecified atom stereocenters. The number of likely N-dealkylation sites (tertiary alicyclic amines) is 1. The Morgan fingerprint density at radius 3 is 2.47 bits per heavy atom. The number of halogens is 2. The predicted molar refractivity (Wildman–Crippen MR) is 115 cm³/mol. The summed E-state index contributed by atoms with van der Waals surface area (Å²) in [6, 6.07) is 4.69. The quantitative estimate of drug-likeness (QED) is 0.492. The highest BCUT2D eigenvalue weighted by atomic mass is 35.5. The SMILES string of the molecule is C=CC(=O)N1CC(N2CCc3c(O)c(Cc4cc(Cl)c(Cl)cc4O)cc(O)c3C2)C1. The molecule has 3 N–H and O–H groups in total. The zero-order valence-corrected chi connectivity index (χ0v) is 17.7. The van der Waals surface area contributed by atoms with Crippen LogP contribution >= 0.6 is 23.2 Å². The number of carbonyl (C=O) groups excluding carboxylic acids is 1. The van der Waals surface area contributed by atoms with Gasteiger partial charge in [-0.25, -0.2) is 0 Å². The van der Waals surface area contributed by atoms with Crippen LogP contribution in [0.25, 0.3) is 0 Å². The number of phenolic OH excluding ortho intramolecular Hbond substituents is 3. The summed E-state index contributed by atoms with van der Waals surface area (Å²) >= 11 is 12.0. The smallest absolute Gasteiger partial charge is 0.246 e. The zero-order chi connectivity index (χ0) is 21.6. The van der Waals surface area contributed by atoms with Crippen molar-refractivity contribution in [1.82, 2.24) is 9.80 Å². The normalized spacial score (nSPS) is 16.8. The second-order valence-electron chi connectivity index (χ2n) is 7.75. The Labute approximate surface area is 184 Å². The van der Waals surface area contributed by atoms with Crippen LogP contribution in [0.4, 0.5) is 0 Å². The Morgan fingerprint density at radius 1 is 1.07 bits per heavy atom. The average Bonchev–Trinajstić information content (AvgIpc) is 2.68. The number of amides is 1. The second-order valence-corrected chi connectivity index (χ2v) is 8.57. The van der Waals surface area contributed by atoms with E-state index in [1.54, 1.807) is 11.0 Å². The standard InChI is InChI=1S/C22H22Cl2N2O4/c1-2-21(29)26-9-14(10-26)25-4-3-15-16(11-25)20(28)7-13(22(15)30)5-12-6-17(23)18(24)8-19(12)27/h2,6-8,14,27-28,30H,1,3-5,9-11H2. The number of hydrogen-bond donors (Lipinski definition) is 3. The predicted octanol–water partition coefficient (Wildman–Crippen LogP) is 3.46. The van der Waals surface area contributed by atoms with Crippen molar-refractivity contribution in [2.45, 2.75) is 25.4 Å². The van der Waals surface area contributed by atoms with Gasteiger partial charge in [-0.3, -0.25) is 9.69 Å². The van der Waals surface area contributed by atoms with Crippen LogP contribution in [0.1, 0.15) is 22.3 Å². The maximum Gasteiger partial charge on any atom is 0.246 e. The molecule has 1 fully saturated rings. The van der Waals surface area contributed by atoms with E-state index >= 15 is 0 Å². The molecule has 6 nitrogen and oxygen atoms in total. The van der Waals surface area contributed by atoms with Crippen molar-refractivity contribution in [3.05, 3.63) is 63.2 Å². The number of phenols is 3. The lowest BCUT2D eigenvalue weighted by Crippen LogP contribution is -2.61. The van der Waals surface area contributed by atoms with E-state index in [0.717, 1.165) is 12.1 Å². The molecule has 0 spiro atoms. The van der Waals surface area contributed by atoms with Crippen molar-refractivity contribution in [1.29, 1.82) is 0 Å². The molecule has 0 aliphatic carbocycles. The Bertz CT molecular complexity index is 1030. The van der Waals surface area contributed by atoms with Gasteiger partial charge in [0.15, 0.2) is 0 Å². The number of aromatic hydroxyl groups is 3. The van der Waals surface area contributed by atoms with E-state index in [9.17, 15) is 20.1 Å². The summed E-state index contributed by atoms with van der Waals surface area (Å²) in [6.45, 7) is 6.02. The van der Waals surface area contributed by atoms with Gasteiger partial charge in [-0.1, -0.05) is 29.8 Å². The van der Waals surface area contributed by atoms with Gasteiger partial charge in [0.25, 0.3) is 0 Å². The number of rotatable bonds is 4. The number of fused-ring (bicyclic) bond motifs is 1. The first kappa shape index (κ1) is 20.8. The molecule has 1 saturated heterocycles. The molecule has 0 aromatic heterocycles. The largest absolute Gasteiger partial charge is 0.508 e. The molecular formula is C22H22Cl2N2O4. The molecule has 0 bridgehead atoms. The van der Waals surface area contributed by atoms with Crippen LogP contribution in [0.5, 0.6) is 17.2 Å². The van der Waals surface area contributed by atoms with Crippen molar-refractivity contribution in [3.63, 3.8) is 0 Å². The first-order valence-electron chi connectivity index (χ1n) is 9.66. The highest BCUT2D eigenvalue weighted by Gasteiger charge is 2.36. The van der Waals surface area contributed by atoms with Gasteiger partial charge < -0.3 is 20.2 Å². The number of carbonyl (C=O) groups is 1. The molecular weight excluding hydrogens is 427 g/mol. The van der Waals surface area contributed by atoms with Gasteiger partial charge in [0.1, 0.15) is 17.2 Å². The van der Waals surface area contributed by atoms with E-state index in [2.05, 4.69) is 11.5 Å². The summed E-state index contributed by atoms with van der Waals surface area (Å²) in [6.07, 6.45) is 2.11. The third-order valence-corrected chi connectivity index (χ3v) is 6.67. The summed E-state index contributed by atoms with van der Waals surface area (Å²) in [4.78, 5) is 15.6. The molecule has 2 aliphatic heterocycles.